The third kappa shape index (κ3) is 4.54. The van der Waals surface area contributed by atoms with Gasteiger partial charge in [0, 0.05) is 30.3 Å². The predicted molar refractivity (Wildman–Crippen MR) is 108 cm³/mol. The molecule has 0 spiro atoms. The third-order valence-electron chi connectivity index (χ3n) is 4.90. The summed E-state index contributed by atoms with van der Waals surface area (Å²) in [4.78, 5) is 23.3. The number of anilines is 2. The van der Waals surface area contributed by atoms with Crippen LogP contribution in [0.4, 0.5) is 16.2 Å². The van der Waals surface area contributed by atoms with E-state index in [1.54, 1.807) is 38.5 Å². The molecule has 0 atom stereocenters. The van der Waals surface area contributed by atoms with Crippen LogP contribution in [0.15, 0.2) is 42.5 Å². The van der Waals surface area contributed by atoms with Crippen LogP contribution in [-0.4, -0.2) is 32.7 Å². The number of carbonyl (C=O) groups excluding carboxylic acids is 2. The maximum absolute atomic E-state index is 12.3. The van der Waals surface area contributed by atoms with Gasteiger partial charge in [0.25, 0.3) is 0 Å². The van der Waals surface area contributed by atoms with Gasteiger partial charge in [-0.05, 0) is 54.8 Å². The molecule has 1 saturated carbocycles. The van der Waals surface area contributed by atoms with Crippen LogP contribution >= 0.6 is 0 Å². The maximum Gasteiger partial charge on any atom is 0.319 e. The van der Waals surface area contributed by atoms with E-state index in [4.69, 9.17) is 9.47 Å². The lowest BCUT2D eigenvalue weighted by atomic mass is 9.95. The van der Waals surface area contributed by atoms with E-state index in [1.807, 2.05) is 18.2 Å². The first-order valence-electron chi connectivity index (χ1n) is 9.11. The molecule has 0 radical (unpaired) electrons. The summed E-state index contributed by atoms with van der Waals surface area (Å²) in [7, 11) is 3.23. The molecule has 3 N–H and O–H groups in total. The van der Waals surface area contributed by atoms with Gasteiger partial charge in [0.15, 0.2) is 11.5 Å². The summed E-state index contributed by atoms with van der Waals surface area (Å²) in [6.45, 7) is 1.99. The Morgan fingerprint density at radius 1 is 0.929 bits per heavy atom. The highest BCUT2D eigenvalue weighted by Gasteiger charge is 2.44. The lowest BCUT2D eigenvalue weighted by Gasteiger charge is -2.19. The summed E-state index contributed by atoms with van der Waals surface area (Å²) in [5.41, 5.74) is 2.41. The molecule has 1 aliphatic rings. The molecule has 1 fully saturated rings. The predicted octanol–water partition coefficient (Wildman–Crippen LogP) is 3.52. The highest BCUT2D eigenvalue weighted by atomic mass is 16.5. The van der Waals surface area contributed by atoms with Crippen molar-refractivity contribution in [3.8, 4) is 11.5 Å². The average molecular weight is 383 g/mol. The minimum Gasteiger partial charge on any atom is -0.493 e. The number of urea groups is 1. The zero-order valence-corrected chi connectivity index (χ0v) is 16.3. The van der Waals surface area contributed by atoms with Crippen LogP contribution in [0, 0.1) is 0 Å². The van der Waals surface area contributed by atoms with Crippen molar-refractivity contribution in [1.29, 1.82) is 0 Å². The van der Waals surface area contributed by atoms with Crippen molar-refractivity contribution in [3.63, 3.8) is 0 Å². The molecular weight excluding hydrogens is 358 g/mol. The molecule has 0 unspecified atom stereocenters. The molecule has 7 heteroatoms. The van der Waals surface area contributed by atoms with E-state index in [-0.39, 0.29) is 17.4 Å². The number of rotatable bonds is 7. The quantitative estimate of drug-likeness (QED) is 0.683. The second-order valence-corrected chi connectivity index (χ2v) is 6.92. The summed E-state index contributed by atoms with van der Waals surface area (Å²) in [6.07, 6.45) is 2.02. The average Bonchev–Trinajstić information content (AvgIpc) is 3.48. The Kier molecular flexibility index (Phi) is 5.73. The Morgan fingerprint density at radius 3 is 2.07 bits per heavy atom. The maximum atomic E-state index is 12.3. The summed E-state index contributed by atoms with van der Waals surface area (Å²) in [5, 5.41) is 8.45. The summed E-state index contributed by atoms with van der Waals surface area (Å²) >= 11 is 0. The van der Waals surface area contributed by atoms with Gasteiger partial charge in [-0.25, -0.2) is 4.79 Å². The van der Waals surface area contributed by atoms with E-state index in [0.717, 1.165) is 18.4 Å². The van der Waals surface area contributed by atoms with Gasteiger partial charge < -0.3 is 25.4 Å². The molecule has 2 aromatic carbocycles. The van der Waals surface area contributed by atoms with Crippen molar-refractivity contribution in [1.82, 2.24) is 5.32 Å². The van der Waals surface area contributed by atoms with E-state index in [9.17, 15) is 9.59 Å². The third-order valence-corrected chi connectivity index (χ3v) is 4.90. The molecule has 0 heterocycles. The van der Waals surface area contributed by atoms with Crippen molar-refractivity contribution in [3.05, 3.63) is 48.0 Å². The number of hydrogen-bond donors (Lipinski definition) is 3. The second kappa shape index (κ2) is 8.21. The number of hydrogen-bond acceptors (Lipinski definition) is 4. The summed E-state index contributed by atoms with van der Waals surface area (Å²) in [6, 6.07) is 12.6. The number of methoxy groups -OCH3 is 2. The zero-order chi connectivity index (χ0) is 20.1. The lowest BCUT2D eigenvalue weighted by Crippen LogP contribution is -2.35. The Bertz CT molecular complexity index is 860. The van der Waals surface area contributed by atoms with Gasteiger partial charge in [0.2, 0.25) is 5.91 Å². The number of ether oxygens (including phenoxy) is 2. The minimum atomic E-state index is -0.265. The van der Waals surface area contributed by atoms with E-state index in [0.29, 0.717) is 29.4 Å². The van der Waals surface area contributed by atoms with Crippen molar-refractivity contribution in [2.75, 3.05) is 31.4 Å². The monoisotopic (exact) mass is 383 g/mol. The van der Waals surface area contributed by atoms with E-state index < -0.39 is 0 Å². The minimum absolute atomic E-state index is 0.0633. The van der Waals surface area contributed by atoms with Gasteiger partial charge in [0.05, 0.1) is 14.2 Å². The van der Waals surface area contributed by atoms with Crippen LogP contribution in [0.1, 0.15) is 25.3 Å². The second-order valence-electron chi connectivity index (χ2n) is 6.92. The molecule has 3 rings (SSSR count). The Balaban J connectivity index is 1.57. The lowest BCUT2D eigenvalue weighted by molar-refractivity contribution is -0.114. The smallest absolute Gasteiger partial charge is 0.319 e. The number of amides is 3. The Labute approximate surface area is 164 Å². The van der Waals surface area contributed by atoms with Gasteiger partial charge in [0.1, 0.15) is 0 Å². The highest BCUT2D eigenvalue weighted by Crippen LogP contribution is 2.49. The molecule has 0 aliphatic heterocycles. The zero-order valence-electron chi connectivity index (χ0n) is 16.3. The van der Waals surface area contributed by atoms with Gasteiger partial charge in [-0.2, -0.15) is 0 Å². The molecule has 148 valence electrons. The molecular formula is C21H25N3O4. The molecule has 7 nitrogen and oxygen atoms in total. The molecule has 0 bridgehead atoms. The number of nitrogens with one attached hydrogen (secondary N) is 3. The van der Waals surface area contributed by atoms with Crippen LogP contribution in [0.25, 0.3) is 0 Å². The van der Waals surface area contributed by atoms with Crippen LogP contribution in [0.3, 0.4) is 0 Å². The van der Waals surface area contributed by atoms with Crippen LogP contribution in [-0.2, 0) is 10.2 Å². The van der Waals surface area contributed by atoms with E-state index in [2.05, 4.69) is 16.0 Å². The SMILES string of the molecule is COc1ccc(C2(CNC(=O)Nc3ccc(NC(C)=O)cc3)CC2)cc1OC. The first kappa shape index (κ1) is 19.5. The molecule has 0 aromatic heterocycles. The van der Waals surface area contributed by atoms with Gasteiger partial charge in [-0.1, -0.05) is 6.07 Å². The number of carbonyl (C=O) groups is 2. The van der Waals surface area contributed by atoms with Gasteiger partial charge in [-0.3, -0.25) is 4.79 Å². The van der Waals surface area contributed by atoms with Crippen LogP contribution < -0.4 is 25.4 Å². The fraction of sp³-hybridized carbons (Fsp3) is 0.333. The van der Waals surface area contributed by atoms with Crippen LogP contribution in [0.2, 0.25) is 0 Å². The molecule has 3 amide bonds. The Hall–Kier alpha value is -3.22. The largest absolute Gasteiger partial charge is 0.493 e. The van der Waals surface area contributed by atoms with Crippen molar-refractivity contribution < 1.29 is 19.1 Å². The van der Waals surface area contributed by atoms with Crippen molar-refractivity contribution in [2.45, 2.75) is 25.2 Å². The highest BCUT2D eigenvalue weighted by molar-refractivity contribution is 5.91. The molecule has 1 aliphatic carbocycles. The fourth-order valence-corrected chi connectivity index (χ4v) is 3.15. The van der Waals surface area contributed by atoms with E-state index >= 15 is 0 Å². The first-order valence-corrected chi connectivity index (χ1v) is 9.11. The number of benzene rings is 2. The molecule has 2 aromatic rings. The first-order chi connectivity index (χ1) is 13.5. The summed E-state index contributed by atoms with van der Waals surface area (Å²) in [5.74, 6) is 1.24. The molecule has 28 heavy (non-hydrogen) atoms. The topological polar surface area (TPSA) is 88.7 Å². The standard InChI is InChI=1S/C21H25N3O4/c1-14(25)23-16-5-7-17(8-6-16)24-20(26)22-13-21(10-11-21)15-4-9-18(27-2)19(12-15)28-3/h4-9,12H,10-11,13H2,1-3H3,(H,23,25)(H2,22,24,26). The molecule has 0 saturated heterocycles. The van der Waals surface area contributed by atoms with Crippen molar-refractivity contribution >= 4 is 23.3 Å². The Morgan fingerprint density at radius 2 is 1.54 bits per heavy atom. The van der Waals surface area contributed by atoms with Crippen LogP contribution in [0.5, 0.6) is 11.5 Å². The van der Waals surface area contributed by atoms with Gasteiger partial charge in [-0.15, -0.1) is 0 Å². The normalized spacial score (nSPS) is 14.0. The van der Waals surface area contributed by atoms with E-state index in [1.165, 1.54) is 6.92 Å². The summed E-state index contributed by atoms with van der Waals surface area (Å²) < 4.78 is 10.7. The fourth-order valence-electron chi connectivity index (χ4n) is 3.15. The van der Waals surface area contributed by atoms with Gasteiger partial charge >= 0.3 is 6.03 Å². The van der Waals surface area contributed by atoms with Crippen molar-refractivity contribution in [2.24, 2.45) is 0 Å².